The molecule has 0 aliphatic heterocycles. The molecule has 1 fully saturated rings. The molecular weight excluding hydrogens is 228 g/mol. The SMILES string of the molecule is Cc1ncoc1C(=O)NC1(CCl)CCCC1. The number of nitrogens with one attached hydrogen (secondary N) is 1. The second-order valence-electron chi connectivity index (χ2n) is 4.34. The predicted molar refractivity (Wildman–Crippen MR) is 60.6 cm³/mol. The van der Waals surface area contributed by atoms with Crippen LogP contribution >= 0.6 is 11.6 Å². The first kappa shape index (κ1) is 11.5. The fourth-order valence-corrected chi connectivity index (χ4v) is 2.50. The standard InChI is InChI=1S/C11H15ClN2O2/c1-8-9(16-7-13-8)10(15)14-11(6-12)4-2-3-5-11/h7H,2-6H2,1H3,(H,14,15). The van der Waals surface area contributed by atoms with Crippen LogP contribution in [-0.2, 0) is 0 Å². The molecule has 16 heavy (non-hydrogen) atoms. The Labute approximate surface area is 99.4 Å². The van der Waals surface area contributed by atoms with Crippen LogP contribution in [0, 0.1) is 6.92 Å². The number of amides is 1. The van der Waals surface area contributed by atoms with E-state index in [-0.39, 0.29) is 17.2 Å². The number of aryl methyl sites for hydroxylation is 1. The van der Waals surface area contributed by atoms with E-state index in [0.29, 0.717) is 11.6 Å². The molecule has 1 amide bonds. The Kier molecular flexibility index (Phi) is 3.19. The lowest BCUT2D eigenvalue weighted by molar-refractivity contribution is 0.0880. The number of alkyl halides is 1. The van der Waals surface area contributed by atoms with Crippen molar-refractivity contribution in [1.29, 1.82) is 0 Å². The van der Waals surface area contributed by atoms with Crippen LogP contribution in [0.2, 0.25) is 0 Å². The van der Waals surface area contributed by atoms with E-state index in [1.54, 1.807) is 6.92 Å². The van der Waals surface area contributed by atoms with Gasteiger partial charge in [0.05, 0.1) is 11.2 Å². The molecule has 1 aliphatic rings. The summed E-state index contributed by atoms with van der Waals surface area (Å²) >= 11 is 5.95. The molecule has 1 saturated carbocycles. The normalized spacial score (nSPS) is 18.6. The lowest BCUT2D eigenvalue weighted by Gasteiger charge is -2.27. The van der Waals surface area contributed by atoms with E-state index in [4.69, 9.17) is 16.0 Å². The van der Waals surface area contributed by atoms with Gasteiger partial charge in [0.15, 0.2) is 6.39 Å². The maximum Gasteiger partial charge on any atom is 0.289 e. The Hall–Kier alpha value is -1.03. The number of carbonyl (C=O) groups excluding carboxylic acids is 1. The zero-order valence-electron chi connectivity index (χ0n) is 9.25. The van der Waals surface area contributed by atoms with E-state index in [2.05, 4.69) is 10.3 Å². The minimum absolute atomic E-state index is 0.211. The average molecular weight is 243 g/mol. The molecule has 1 aliphatic carbocycles. The van der Waals surface area contributed by atoms with Gasteiger partial charge in [-0.15, -0.1) is 11.6 Å². The smallest absolute Gasteiger partial charge is 0.289 e. The molecule has 1 aromatic heterocycles. The van der Waals surface area contributed by atoms with E-state index in [0.717, 1.165) is 25.7 Å². The van der Waals surface area contributed by atoms with Crippen molar-refractivity contribution in [3.05, 3.63) is 17.8 Å². The van der Waals surface area contributed by atoms with Gasteiger partial charge in [-0.3, -0.25) is 4.79 Å². The Bertz CT molecular complexity index is 383. The van der Waals surface area contributed by atoms with E-state index in [1.807, 2.05) is 0 Å². The van der Waals surface area contributed by atoms with Gasteiger partial charge in [0.1, 0.15) is 0 Å². The first-order valence-corrected chi connectivity index (χ1v) is 5.99. The highest BCUT2D eigenvalue weighted by Gasteiger charge is 2.35. The fourth-order valence-electron chi connectivity index (χ4n) is 2.16. The maximum atomic E-state index is 11.9. The molecule has 0 unspecified atom stereocenters. The zero-order chi connectivity index (χ0) is 11.6. The monoisotopic (exact) mass is 242 g/mol. The third-order valence-electron chi connectivity index (χ3n) is 3.15. The van der Waals surface area contributed by atoms with Crippen LogP contribution in [0.4, 0.5) is 0 Å². The molecule has 1 N–H and O–H groups in total. The van der Waals surface area contributed by atoms with E-state index in [9.17, 15) is 4.79 Å². The highest BCUT2D eigenvalue weighted by Crippen LogP contribution is 2.31. The molecule has 0 spiro atoms. The molecule has 5 heteroatoms. The molecule has 88 valence electrons. The van der Waals surface area contributed by atoms with Crippen LogP contribution < -0.4 is 5.32 Å². The summed E-state index contributed by atoms with van der Waals surface area (Å²) in [4.78, 5) is 15.8. The summed E-state index contributed by atoms with van der Waals surface area (Å²) in [6.07, 6.45) is 5.39. The number of oxazole rings is 1. The van der Waals surface area contributed by atoms with Crippen molar-refractivity contribution in [2.24, 2.45) is 0 Å². The molecular formula is C11H15ClN2O2. The van der Waals surface area contributed by atoms with Crippen molar-refractivity contribution >= 4 is 17.5 Å². The molecule has 1 aromatic rings. The number of aromatic nitrogens is 1. The number of nitrogens with zero attached hydrogens (tertiary/aromatic N) is 1. The average Bonchev–Trinajstić information content (AvgIpc) is 2.87. The van der Waals surface area contributed by atoms with Gasteiger partial charge in [0.25, 0.3) is 5.91 Å². The van der Waals surface area contributed by atoms with Gasteiger partial charge >= 0.3 is 0 Å². The molecule has 0 radical (unpaired) electrons. The summed E-state index contributed by atoms with van der Waals surface area (Å²) in [5.74, 6) is 0.528. The summed E-state index contributed by atoms with van der Waals surface area (Å²) < 4.78 is 5.06. The van der Waals surface area contributed by atoms with Crippen molar-refractivity contribution in [1.82, 2.24) is 10.3 Å². The van der Waals surface area contributed by atoms with E-state index < -0.39 is 0 Å². The number of hydrogen-bond acceptors (Lipinski definition) is 3. The molecule has 0 saturated heterocycles. The summed E-state index contributed by atoms with van der Waals surface area (Å²) in [7, 11) is 0. The van der Waals surface area contributed by atoms with Gasteiger partial charge in [-0.2, -0.15) is 0 Å². The third-order valence-corrected chi connectivity index (χ3v) is 3.66. The van der Waals surface area contributed by atoms with Gasteiger partial charge in [0, 0.05) is 5.88 Å². The van der Waals surface area contributed by atoms with Gasteiger partial charge in [-0.1, -0.05) is 12.8 Å². The summed E-state index contributed by atoms with van der Waals surface area (Å²) in [6, 6.07) is 0. The van der Waals surface area contributed by atoms with Gasteiger partial charge in [-0.25, -0.2) is 4.98 Å². The Balaban J connectivity index is 2.09. The van der Waals surface area contributed by atoms with Crippen LogP contribution in [0.5, 0.6) is 0 Å². The molecule has 0 bridgehead atoms. The van der Waals surface area contributed by atoms with E-state index in [1.165, 1.54) is 6.39 Å². The number of hydrogen-bond donors (Lipinski definition) is 1. The Morgan fingerprint density at radius 1 is 1.62 bits per heavy atom. The van der Waals surface area contributed by atoms with Crippen LogP contribution in [-0.4, -0.2) is 22.3 Å². The van der Waals surface area contributed by atoms with Crippen LogP contribution in [0.15, 0.2) is 10.8 Å². The van der Waals surface area contributed by atoms with Crippen molar-refractivity contribution < 1.29 is 9.21 Å². The van der Waals surface area contributed by atoms with Crippen molar-refractivity contribution in [2.45, 2.75) is 38.1 Å². The zero-order valence-corrected chi connectivity index (χ0v) is 10.0. The fraction of sp³-hybridized carbons (Fsp3) is 0.636. The summed E-state index contributed by atoms with van der Waals surface area (Å²) in [5.41, 5.74) is 0.359. The van der Waals surface area contributed by atoms with Crippen molar-refractivity contribution in [3.63, 3.8) is 0 Å². The molecule has 2 rings (SSSR count). The largest absolute Gasteiger partial charge is 0.438 e. The molecule has 0 atom stereocenters. The minimum atomic E-state index is -0.252. The maximum absolute atomic E-state index is 11.9. The third kappa shape index (κ3) is 2.07. The van der Waals surface area contributed by atoms with Crippen LogP contribution in [0.3, 0.4) is 0 Å². The first-order valence-electron chi connectivity index (χ1n) is 5.45. The van der Waals surface area contributed by atoms with Gasteiger partial charge < -0.3 is 9.73 Å². The van der Waals surface area contributed by atoms with Gasteiger partial charge in [-0.05, 0) is 19.8 Å². The molecule has 1 heterocycles. The van der Waals surface area contributed by atoms with Crippen LogP contribution in [0.25, 0.3) is 0 Å². The topological polar surface area (TPSA) is 55.1 Å². The first-order chi connectivity index (χ1) is 7.67. The quantitative estimate of drug-likeness (QED) is 0.828. The van der Waals surface area contributed by atoms with Crippen molar-refractivity contribution in [3.8, 4) is 0 Å². The lowest BCUT2D eigenvalue weighted by atomic mass is 10.0. The minimum Gasteiger partial charge on any atom is -0.438 e. The molecule has 0 aromatic carbocycles. The Morgan fingerprint density at radius 3 is 2.81 bits per heavy atom. The number of carbonyl (C=O) groups is 1. The molecule has 4 nitrogen and oxygen atoms in total. The second-order valence-corrected chi connectivity index (χ2v) is 4.61. The predicted octanol–water partition coefficient (Wildman–Crippen LogP) is 2.26. The van der Waals surface area contributed by atoms with Gasteiger partial charge in [0.2, 0.25) is 5.76 Å². The summed E-state index contributed by atoms with van der Waals surface area (Å²) in [5, 5.41) is 2.98. The highest BCUT2D eigenvalue weighted by atomic mass is 35.5. The number of halogens is 1. The Morgan fingerprint density at radius 2 is 2.31 bits per heavy atom. The second kappa shape index (κ2) is 4.45. The van der Waals surface area contributed by atoms with Crippen molar-refractivity contribution in [2.75, 3.05) is 5.88 Å². The number of rotatable bonds is 3. The van der Waals surface area contributed by atoms with Crippen LogP contribution in [0.1, 0.15) is 41.9 Å². The van der Waals surface area contributed by atoms with E-state index >= 15 is 0 Å². The highest BCUT2D eigenvalue weighted by molar-refractivity contribution is 6.19. The summed E-state index contributed by atoms with van der Waals surface area (Å²) in [6.45, 7) is 1.75. The lowest BCUT2D eigenvalue weighted by Crippen LogP contribution is -2.47.